The number of carbonyl (C=O) groups is 1. The molecule has 9 nitrogen and oxygen atoms in total. The van der Waals surface area contributed by atoms with Crippen LogP contribution in [0.25, 0.3) is 10.9 Å². The molecule has 0 saturated carbocycles. The third-order valence-electron chi connectivity index (χ3n) is 4.13. The molecule has 1 heterocycles. The third kappa shape index (κ3) is 3.06. The van der Waals surface area contributed by atoms with Gasteiger partial charge in [-0.2, -0.15) is 0 Å². The zero-order valence-corrected chi connectivity index (χ0v) is 14.2. The lowest BCUT2D eigenvalue weighted by Crippen LogP contribution is -2.29. The summed E-state index contributed by atoms with van der Waals surface area (Å²) in [5, 5.41) is 33.7. The molecule has 0 fully saturated rings. The third-order valence-corrected chi connectivity index (χ3v) is 4.13. The van der Waals surface area contributed by atoms with Crippen molar-refractivity contribution in [2.75, 3.05) is 5.32 Å². The molecule has 0 atom stereocenters. The molecule has 1 aromatic heterocycles. The van der Waals surface area contributed by atoms with Gasteiger partial charge in [0.25, 0.3) is 17.2 Å². The van der Waals surface area contributed by atoms with E-state index in [0.717, 1.165) is 18.2 Å². The van der Waals surface area contributed by atoms with Crippen LogP contribution in [0.15, 0.2) is 47.3 Å². The van der Waals surface area contributed by atoms with Crippen LogP contribution in [0.3, 0.4) is 0 Å². The molecule has 0 spiro atoms. The molecule has 0 aliphatic carbocycles. The topological polar surface area (TPSA) is 135 Å². The Hall–Kier alpha value is -3.88. The number of benzene rings is 2. The van der Waals surface area contributed by atoms with Crippen LogP contribution in [0, 0.1) is 10.1 Å². The average molecular weight is 369 g/mol. The number of nitro groups is 1. The number of hydrogen-bond donors (Lipinski definition) is 3. The quantitative estimate of drug-likeness (QED) is 0.367. The molecule has 0 bridgehead atoms. The number of aromatic hydroxyl groups is 2. The molecular weight excluding hydrogens is 354 g/mol. The van der Waals surface area contributed by atoms with Crippen molar-refractivity contribution in [1.29, 1.82) is 0 Å². The number of nitrogens with zero attached hydrogens (tertiary/aromatic N) is 2. The molecule has 0 aliphatic heterocycles. The Morgan fingerprint density at radius 2 is 1.93 bits per heavy atom. The van der Waals surface area contributed by atoms with Crippen molar-refractivity contribution in [3.05, 3.63) is 68.5 Å². The first-order valence-electron chi connectivity index (χ1n) is 7.98. The summed E-state index contributed by atoms with van der Waals surface area (Å²) in [6.07, 6.45) is 0. The Kier molecular flexibility index (Phi) is 4.51. The van der Waals surface area contributed by atoms with Crippen LogP contribution in [0.2, 0.25) is 0 Å². The maximum absolute atomic E-state index is 12.7. The molecule has 3 N–H and O–H groups in total. The fraction of sp³-hybridized carbons (Fsp3) is 0.111. The van der Waals surface area contributed by atoms with Gasteiger partial charge < -0.3 is 20.1 Å². The van der Waals surface area contributed by atoms with Crippen LogP contribution in [-0.4, -0.2) is 25.6 Å². The highest BCUT2D eigenvalue weighted by atomic mass is 16.6. The van der Waals surface area contributed by atoms with Crippen molar-refractivity contribution in [2.45, 2.75) is 13.5 Å². The molecule has 1 amide bonds. The first kappa shape index (κ1) is 17.9. The lowest BCUT2D eigenvalue weighted by Gasteiger charge is -2.14. The number of hydrogen-bond acceptors (Lipinski definition) is 6. The van der Waals surface area contributed by atoms with E-state index < -0.39 is 33.5 Å². The monoisotopic (exact) mass is 369 g/mol. The predicted octanol–water partition coefficient (Wildman–Crippen LogP) is 2.59. The minimum Gasteiger partial charge on any atom is -0.506 e. The number of amides is 1. The van der Waals surface area contributed by atoms with Crippen molar-refractivity contribution >= 4 is 28.2 Å². The smallest absolute Gasteiger partial charge is 0.273 e. The van der Waals surface area contributed by atoms with E-state index in [-0.39, 0.29) is 17.9 Å². The SMILES string of the molecule is CCn1c(=O)c(C(=O)Nc2ccc([N+](=O)[O-])cc2O)c(O)c2ccccc21. The highest BCUT2D eigenvalue weighted by Gasteiger charge is 2.23. The minimum absolute atomic E-state index is 0.124. The molecule has 138 valence electrons. The molecule has 0 radical (unpaired) electrons. The van der Waals surface area contributed by atoms with Crippen molar-refractivity contribution in [1.82, 2.24) is 4.57 Å². The van der Waals surface area contributed by atoms with Gasteiger partial charge in [0.1, 0.15) is 17.1 Å². The van der Waals surface area contributed by atoms with Crippen LogP contribution < -0.4 is 10.9 Å². The van der Waals surface area contributed by atoms with Crippen molar-refractivity contribution < 1.29 is 19.9 Å². The predicted molar refractivity (Wildman–Crippen MR) is 98.3 cm³/mol. The molecule has 0 aliphatic rings. The van der Waals surface area contributed by atoms with E-state index in [1.807, 2.05) is 0 Å². The number of anilines is 1. The number of aryl methyl sites for hydroxylation is 1. The standard InChI is InChI=1S/C18H15N3O6/c1-2-20-13-6-4-3-5-11(13)16(23)15(18(20)25)17(24)19-12-8-7-10(21(26)27)9-14(12)22/h3-9,22-23H,2H2,1H3,(H,19,24). The Morgan fingerprint density at radius 3 is 2.56 bits per heavy atom. The fourth-order valence-corrected chi connectivity index (χ4v) is 2.83. The molecule has 3 rings (SSSR count). The van der Waals surface area contributed by atoms with Gasteiger partial charge in [-0.25, -0.2) is 0 Å². The highest BCUT2D eigenvalue weighted by Crippen LogP contribution is 2.30. The average Bonchev–Trinajstić information content (AvgIpc) is 2.63. The number of pyridine rings is 1. The maximum atomic E-state index is 12.7. The fourth-order valence-electron chi connectivity index (χ4n) is 2.83. The summed E-state index contributed by atoms with van der Waals surface area (Å²) < 4.78 is 1.35. The Bertz CT molecular complexity index is 1140. The largest absolute Gasteiger partial charge is 0.506 e. The van der Waals surface area contributed by atoms with Gasteiger partial charge in [-0.05, 0) is 25.1 Å². The van der Waals surface area contributed by atoms with E-state index in [1.165, 1.54) is 4.57 Å². The summed E-state index contributed by atoms with van der Waals surface area (Å²) in [5.41, 5.74) is -1.16. The lowest BCUT2D eigenvalue weighted by molar-refractivity contribution is -0.384. The number of fused-ring (bicyclic) bond motifs is 1. The van der Waals surface area contributed by atoms with E-state index in [4.69, 9.17) is 0 Å². The maximum Gasteiger partial charge on any atom is 0.273 e. The number of nitrogens with one attached hydrogen (secondary N) is 1. The van der Waals surface area contributed by atoms with E-state index in [9.17, 15) is 29.9 Å². The number of non-ortho nitro benzene ring substituents is 1. The van der Waals surface area contributed by atoms with Crippen LogP contribution in [-0.2, 0) is 6.54 Å². The normalized spacial score (nSPS) is 10.7. The van der Waals surface area contributed by atoms with Gasteiger partial charge in [-0.3, -0.25) is 19.7 Å². The van der Waals surface area contributed by atoms with E-state index in [2.05, 4.69) is 5.32 Å². The Labute approximate surface area is 152 Å². The van der Waals surface area contributed by atoms with Crippen molar-refractivity contribution in [2.24, 2.45) is 0 Å². The van der Waals surface area contributed by atoms with Gasteiger partial charge in [-0.15, -0.1) is 0 Å². The summed E-state index contributed by atoms with van der Waals surface area (Å²) in [6.45, 7) is 2.01. The number of para-hydroxylation sites is 1. The zero-order chi connectivity index (χ0) is 19.7. The van der Waals surface area contributed by atoms with E-state index >= 15 is 0 Å². The number of phenolic OH excluding ortho intramolecular Hbond substituents is 1. The summed E-state index contributed by atoms with van der Waals surface area (Å²) in [7, 11) is 0. The number of phenols is 1. The number of aromatic nitrogens is 1. The molecule has 0 saturated heterocycles. The molecule has 2 aromatic carbocycles. The summed E-state index contributed by atoms with van der Waals surface area (Å²) in [4.78, 5) is 35.3. The Balaban J connectivity index is 2.09. The van der Waals surface area contributed by atoms with Crippen LogP contribution >= 0.6 is 0 Å². The lowest BCUT2D eigenvalue weighted by atomic mass is 10.1. The summed E-state index contributed by atoms with van der Waals surface area (Å²) in [5.74, 6) is -1.94. The number of rotatable bonds is 4. The molecule has 0 unspecified atom stereocenters. The second kappa shape index (κ2) is 6.79. The van der Waals surface area contributed by atoms with Gasteiger partial charge in [-0.1, -0.05) is 12.1 Å². The minimum atomic E-state index is -0.936. The van der Waals surface area contributed by atoms with Crippen molar-refractivity contribution in [3.63, 3.8) is 0 Å². The summed E-state index contributed by atoms with van der Waals surface area (Å²) >= 11 is 0. The summed E-state index contributed by atoms with van der Waals surface area (Å²) in [6, 6.07) is 9.72. The zero-order valence-electron chi connectivity index (χ0n) is 14.2. The first-order valence-corrected chi connectivity index (χ1v) is 7.98. The van der Waals surface area contributed by atoms with Gasteiger partial charge in [0.15, 0.2) is 0 Å². The van der Waals surface area contributed by atoms with Gasteiger partial charge in [0.2, 0.25) is 0 Å². The number of nitro benzene ring substituents is 1. The second-order valence-corrected chi connectivity index (χ2v) is 5.70. The first-order chi connectivity index (χ1) is 12.8. The van der Waals surface area contributed by atoms with Crippen LogP contribution in [0.5, 0.6) is 11.5 Å². The number of carbonyl (C=O) groups excluding carboxylic acids is 1. The van der Waals surface area contributed by atoms with Gasteiger partial charge >= 0.3 is 0 Å². The van der Waals surface area contributed by atoms with Crippen LogP contribution in [0.1, 0.15) is 17.3 Å². The molecule has 9 heteroatoms. The van der Waals surface area contributed by atoms with E-state index in [1.54, 1.807) is 31.2 Å². The van der Waals surface area contributed by atoms with E-state index in [0.29, 0.717) is 10.9 Å². The highest BCUT2D eigenvalue weighted by molar-refractivity contribution is 6.09. The van der Waals surface area contributed by atoms with Crippen LogP contribution in [0.4, 0.5) is 11.4 Å². The van der Waals surface area contributed by atoms with Gasteiger partial charge in [0.05, 0.1) is 22.2 Å². The molecule has 3 aromatic rings. The second-order valence-electron chi connectivity index (χ2n) is 5.70. The Morgan fingerprint density at radius 1 is 1.22 bits per heavy atom. The van der Waals surface area contributed by atoms with Crippen molar-refractivity contribution in [3.8, 4) is 11.5 Å². The van der Waals surface area contributed by atoms with Gasteiger partial charge in [0, 0.05) is 18.0 Å². The molecular formula is C18H15N3O6. The molecule has 27 heavy (non-hydrogen) atoms.